The minimum Gasteiger partial charge on any atom is -0.396 e. The van der Waals surface area contributed by atoms with E-state index in [1.165, 1.54) is 11.1 Å². The van der Waals surface area contributed by atoms with Gasteiger partial charge in [-0.15, -0.1) is 0 Å². The molecule has 0 amide bonds. The minimum atomic E-state index is -0.408. The van der Waals surface area contributed by atoms with Crippen LogP contribution in [0.5, 0.6) is 0 Å². The molecule has 0 aromatic heterocycles. The van der Waals surface area contributed by atoms with E-state index in [1.54, 1.807) is 0 Å². The average Bonchev–Trinajstić information content (AvgIpc) is 3.11. The third-order valence-electron chi connectivity index (χ3n) is 5.50. The maximum Gasteiger partial charge on any atom is 0.117 e. The first-order valence-corrected chi connectivity index (χ1v) is 9.80. The molecule has 0 spiro atoms. The molecule has 4 nitrogen and oxygen atoms in total. The average molecular weight is 367 g/mol. The lowest BCUT2D eigenvalue weighted by molar-refractivity contribution is 0.142. The van der Waals surface area contributed by atoms with Crippen molar-refractivity contribution in [2.24, 2.45) is 10.9 Å². The second-order valence-electron chi connectivity index (χ2n) is 7.68. The van der Waals surface area contributed by atoms with Gasteiger partial charge in [0.25, 0.3) is 0 Å². The van der Waals surface area contributed by atoms with E-state index >= 15 is 0 Å². The van der Waals surface area contributed by atoms with Crippen molar-refractivity contribution in [3.05, 3.63) is 71.3 Å². The topological polar surface area (TPSA) is 67.8 Å². The molecule has 1 aliphatic carbocycles. The predicted molar refractivity (Wildman–Crippen MR) is 110 cm³/mol. The molecular formula is C23H30N2O2. The maximum atomic E-state index is 9.44. The van der Waals surface area contributed by atoms with Crippen molar-refractivity contribution in [1.29, 1.82) is 0 Å². The first-order chi connectivity index (χ1) is 13.1. The fraction of sp³-hybridized carbons (Fsp3) is 0.435. The Morgan fingerprint density at radius 3 is 2.59 bits per heavy atom. The molecule has 1 aliphatic rings. The van der Waals surface area contributed by atoms with Crippen LogP contribution in [-0.2, 0) is 11.3 Å². The summed E-state index contributed by atoms with van der Waals surface area (Å²) >= 11 is 0. The van der Waals surface area contributed by atoms with Gasteiger partial charge in [-0.2, -0.15) is 0 Å². The summed E-state index contributed by atoms with van der Waals surface area (Å²) in [6.07, 6.45) is 4.72. The van der Waals surface area contributed by atoms with Gasteiger partial charge in [-0.25, -0.2) is 0 Å². The molecule has 0 aliphatic heterocycles. The highest BCUT2D eigenvalue weighted by Crippen LogP contribution is 2.39. The molecule has 0 saturated heterocycles. The Bertz CT molecular complexity index is 743. The van der Waals surface area contributed by atoms with Crippen LogP contribution < -0.4 is 5.73 Å². The normalized spacial score (nSPS) is 22.8. The number of rotatable bonds is 8. The Hall–Kier alpha value is -2.17. The van der Waals surface area contributed by atoms with E-state index in [9.17, 15) is 5.11 Å². The van der Waals surface area contributed by atoms with Gasteiger partial charge in [0.2, 0.25) is 0 Å². The van der Waals surface area contributed by atoms with Gasteiger partial charge < -0.3 is 15.7 Å². The fourth-order valence-corrected chi connectivity index (χ4v) is 3.76. The highest BCUT2D eigenvalue weighted by Gasteiger charge is 2.35. The summed E-state index contributed by atoms with van der Waals surface area (Å²) in [5.74, 6) is 0.433. The summed E-state index contributed by atoms with van der Waals surface area (Å²) in [7, 11) is 0. The zero-order valence-corrected chi connectivity index (χ0v) is 16.1. The number of hydrogen-bond donors (Lipinski definition) is 2. The Labute approximate surface area is 162 Å². The molecule has 1 fully saturated rings. The third-order valence-corrected chi connectivity index (χ3v) is 5.50. The Morgan fingerprint density at radius 1 is 1.19 bits per heavy atom. The molecule has 0 bridgehead atoms. The van der Waals surface area contributed by atoms with Crippen molar-refractivity contribution >= 4 is 5.71 Å². The highest BCUT2D eigenvalue weighted by atomic mass is 16.6. The van der Waals surface area contributed by atoms with Crippen LogP contribution in [0.15, 0.2) is 59.8 Å². The van der Waals surface area contributed by atoms with E-state index in [-0.39, 0.29) is 6.61 Å². The lowest BCUT2D eigenvalue weighted by Gasteiger charge is -2.20. The van der Waals surface area contributed by atoms with Gasteiger partial charge >= 0.3 is 0 Å². The summed E-state index contributed by atoms with van der Waals surface area (Å²) in [4.78, 5) is 5.49. The number of aliphatic hydroxyl groups is 1. The molecule has 1 saturated carbocycles. The van der Waals surface area contributed by atoms with Gasteiger partial charge in [0.15, 0.2) is 0 Å². The van der Waals surface area contributed by atoms with E-state index < -0.39 is 5.54 Å². The van der Waals surface area contributed by atoms with Gasteiger partial charge in [-0.3, -0.25) is 0 Å². The van der Waals surface area contributed by atoms with Crippen LogP contribution in [0.3, 0.4) is 0 Å². The molecule has 0 unspecified atom stereocenters. The van der Waals surface area contributed by atoms with Crippen LogP contribution in [0, 0.1) is 0 Å². The zero-order chi connectivity index (χ0) is 19.1. The standard InChI is InChI=1S/C23H30N2O2/c1-18(25-27-15-5-8-19-6-3-2-4-7-19)20-9-11-21(12-10-20)22-13-14-23(24,16-22)17-26/h2-4,6-7,9-12,22,26H,5,8,13-17,24H2,1H3/b25-18+/t22-,23-/m1/s1. The van der Waals surface area contributed by atoms with E-state index in [4.69, 9.17) is 10.6 Å². The van der Waals surface area contributed by atoms with Crippen molar-refractivity contribution in [3.8, 4) is 0 Å². The van der Waals surface area contributed by atoms with E-state index in [2.05, 4.69) is 53.7 Å². The first-order valence-electron chi connectivity index (χ1n) is 9.80. The van der Waals surface area contributed by atoms with Crippen LogP contribution >= 0.6 is 0 Å². The molecule has 0 heterocycles. The van der Waals surface area contributed by atoms with Crippen molar-refractivity contribution < 1.29 is 9.94 Å². The van der Waals surface area contributed by atoms with Gasteiger partial charge in [0.1, 0.15) is 6.61 Å². The van der Waals surface area contributed by atoms with Gasteiger partial charge in [-0.05, 0) is 61.6 Å². The molecule has 27 heavy (non-hydrogen) atoms. The molecule has 4 heteroatoms. The Balaban J connectivity index is 1.47. The summed E-state index contributed by atoms with van der Waals surface area (Å²) in [6, 6.07) is 18.9. The number of nitrogens with two attached hydrogens (primary N) is 1. The summed E-state index contributed by atoms with van der Waals surface area (Å²) in [6.45, 7) is 2.65. The largest absolute Gasteiger partial charge is 0.396 e. The molecule has 2 atom stereocenters. The van der Waals surface area contributed by atoms with Gasteiger partial charge in [0, 0.05) is 5.54 Å². The third kappa shape index (κ3) is 5.41. The Morgan fingerprint density at radius 2 is 1.93 bits per heavy atom. The van der Waals surface area contributed by atoms with Crippen LogP contribution in [0.2, 0.25) is 0 Å². The maximum absolute atomic E-state index is 9.44. The van der Waals surface area contributed by atoms with Gasteiger partial charge in [0.05, 0.1) is 12.3 Å². The molecule has 3 N–H and O–H groups in total. The first kappa shape index (κ1) is 19.6. The summed E-state index contributed by atoms with van der Waals surface area (Å²) < 4.78 is 0. The number of aryl methyl sites for hydroxylation is 1. The van der Waals surface area contributed by atoms with Crippen LogP contribution in [0.1, 0.15) is 55.2 Å². The van der Waals surface area contributed by atoms with Crippen LogP contribution in [-0.4, -0.2) is 29.6 Å². The molecule has 144 valence electrons. The fourth-order valence-electron chi connectivity index (χ4n) is 3.76. The number of oxime groups is 1. The minimum absolute atomic E-state index is 0.0644. The second kappa shape index (κ2) is 9.16. The molecule has 0 radical (unpaired) electrons. The second-order valence-corrected chi connectivity index (χ2v) is 7.68. The number of hydrogen-bond acceptors (Lipinski definition) is 4. The van der Waals surface area contributed by atoms with E-state index in [0.717, 1.165) is 43.4 Å². The molecule has 2 aromatic rings. The number of benzene rings is 2. The van der Waals surface area contributed by atoms with Crippen LogP contribution in [0.4, 0.5) is 0 Å². The van der Waals surface area contributed by atoms with E-state index in [0.29, 0.717) is 12.5 Å². The van der Waals surface area contributed by atoms with Crippen molar-refractivity contribution in [3.63, 3.8) is 0 Å². The zero-order valence-electron chi connectivity index (χ0n) is 16.1. The van der Waals surface area contributed by atoms with Crippen LogP contribution in [0.25, 0.3) is 0 Å². The highest BCUT2D eigenvalue weighted by molar-refractivity contribution is 5.98. The SMILES string of the molecule is C/C(=N\OCCCc1ccccc1)c1ccc([C@@H]2CC[C@](N)(CO)C2)cc1. The monoisotopic (exact) mass is 366 g/mol. The Kier molecular flexibility index (Phi) is 6.64. The molecular weight excluding hydrogens is 336 g/mol. The number of aliphatic hydroxyl groups excluding tert-OH is 1. The van der Waals surface area contributed by atoms with Crippen molar-refractivity contribution in [1.82, 2.24) is 0 Å². The molecule has 2 aromatic carbocycles. The summed E-state index contributed by atoms with van der Waals surface area (Å²) in [5, 5.41) is 13.7. The predicted octanol–water partition coefficient (Wildman–Crippen LogP) is 4.02. The quantitative estimate of drug-likeness (QED) is 0.421. The van der Waals surface area contributed by atoms with Gasteiger partial charge in [-0.1, -0.05) is 59.8 Å². The molecule has 3 rings (SSSR count). The van der Waals surface area contributed by atoms with Crippen molar-refractivity contribution in [2.45, 2.75) is 50.5 Å². The lowest BCUT2D eigenvalue weighted by Crippen LogP contribution is -2.40. The van der Waals surface area contributed by atoms with E-state index in [1.807, 2.05) is 13.0 Å². The lowest BCUT2D eigenvalue weighted by atomic mass is 9.93. The smallest absolute Gasteiger partial charge is 0.117 e. The summed E-state index contributed by atoms with van der Waals surface area (Å²) in [5.41, 5.74) is 10.4. The number of nitrogens with zero attached hydrogens (tertiary/aromatic N) is 1. The van der Waals surface area contributed by atoms with Crippen molar-refractivity contribution in [2.75, 3.05) is 13.2 Å².